The molecule has 0 bridgehead atoms. The number of aromatic nitrogens is 1. The van der Waals surface area contributed by atoms with Gasteiger partial charge < -0.3 is 10.6 Å². The minimum atomic E-state index is -0.123. The summed E-state index contributed by atoms with van der Waals surface area (Å²) in [4.78, 5) is 17.6. The number of amides is 1. The van der Waals surface area contributed by atoms with E-state index in [2.05, 4.69) is 28.6 Å². The summed E-state index contributed by atoms with van der Waals surface area (Å²) in [6.07, 6.45) is 1.89. The Morgan fingerprint density at radius 1 is 1.25 bits per heavy atom. The Bertz CT molecular complexity index is 540. The van der Waals surface area contributed by atoms with Gasteiger partial charge in [-0.05, 0) is 36.4 Å². The van der Waals surface area contributed by atoms with E-state index in [9.17, 15) is 4.79 Å². The average molecular weight is 289 g/mol. The molecule has 0 saturated heterocycles. The molecular weight excluding hydrogens is 270 g/mol. The first-order valence-corrected chi connectivity index (χ1v) is 7.69. The summed E-state index contributed by atoms with van der Waals surface area (Å²) in [5.41, 5.74) is 0.456. The summed E-state index contributed by atoms with van der Waals surface area (Å²) >= 11 is 1.71. The van der Waals surface area contributed by atoms with Crippen molar-refractivity contribution < 1.29 is 4.79 Å². The van der Waals surface area contributed by atoms with Crippen LogP contribution in [0.5, 0.6) is 0 Å². The highest BCUT2D eigenvalue weighted by Crippen LogP contribution is 2.08. The largest absolute Gasteiger partial charge is 0.370 e. The Morgan fingerprint density at radius 2 is 2.15 bits per heavy atom. The fraction of sp³-hybridized carbons (Fsp3) is 0.333. The highest BCUT2D eigenvalue weighted by atomic mass is 32.1. The van der Waals surface area contributed by atoms with Crippen LogP contribution >= 0.6 is 11.3 Å². The second-order valence-corrected chi connectivity index (χ2v) is 5.45. The maximum absolute atomic E-state index is 12.0. The Labute approximate surface area is 123 Å². The molecule has 106 valence electrons. The van der Waals surface area contributed by atoms with Gasteiger partial charge in [0.2, 0.25) is 0 Å². The van der Waals surface area contributed by atoms with Gasteiger partial charge in [0, 0.05) is 18.0 Å². The van der Waals surface area contributed by atoms with E-state index in [-0.39, 0.29) is 5.91 Å². The van der Waals surface area contributed by atoms with Crippen molar-refractivity contribution in [3.8, 4) is 0 Å². The van der Waals surface area contributed by atoms with Crippen LogP contribution in [0.4, 0.5) is 5.82 Å². The maximum atomic E-state index is 12.0. The first-order valence-electron chi connectivity index (χ1n) is 6.81. The standard InChI is InChI=1S/C15H19N3OS/c1-2-9-16-14-7-3-6-13(18-14)15(19)17-10-8-12-5-4-11-20-12/h3-7,11H,2,8-10H2,1H3,(H,16,18)(H,17,19). The summed E-state index contributed by atoms with van der Waals surface area (Å²) in [7, 11) is 0. The molecule has 2 rings (SSSR count). The van der Waals surface area contributed by atoms with E-state index in [4.69, 9.17) is 0 Å². The molecule has 2 N–H and O–H groups in total. The molecule has 4 nitrogen and oxygen atoms in total. The number of nitrogens with one attached hydrogen (secondary N) is 2. The second-order valence-electron chi connectivity index (χ2n) is 4.42. The molecule has 2 aromatic rings. The van der Waals surface area contributed by atoms with Gasteiger partial charge in [0.05, 0.1) is 0 Å². The van der Waals surface area contributed by atoms with Crippen LogP contribution in [-0.2, 0) is 6.42 Å². The molecule has 0 radical (unpaired) electrons. The van der Waals surface area contributed by atoms with Crippen LogP contribution in [0.2, 0.25) is 0 Å². The van der Waals surface area contributed by atoms with Crippen LogP contribution in [0.3, 0.4) is 0 Å². The van der Waals surface area contributed by atoms with Crippen LogP contribution in [0.15, 0.2) is 35.7 Å². The SMILES string of the molecule is CCCNc1cccc(C(=O)NCCc2cccs2)n1. The van der Waals surface area contributed by atoms with Crippen molar-refractivity contribution in [1.82, 2.24) is 10.3 Å². The van der Waals surface area contributed by atoms with E-state index in [0.717, 1.165) is 25.2 Å². The van der Waals surface area contributed by atoms with Gasteiger partial charge in [-0.2, -0.15) is 0 Å². The monoisotopic (exact) mass is 289 g/mol. The number of hydrogen-bond donors (Lipinski definition) is 2. The quantitative estimate of drug-likeness (QED) is 0.824. The molecule has 0 aromatic carbocycles. The number of carbonyl (C=O) groups is 1. The van der Waals surface area contributed by atoms with Crippen LogP contribution < -0.4 is 10.6 Å². The Balaban J connectivity index is 1.85. The summed E-state index contributed by atoms with van der Waals surface area (Å²) in [6, 6.07) is 9.55. The number of rotatable bonds is 7. The van der Waals surface area contributed by atoms with Crippen molar-refractivity contribution in [2.24, 2.45) is 0 Å². The molecule has 0 unspecified atom stereocenters. The molecule has 1 amide bonds. The molecule has 2 aromatic heterocycles. The molecule has 2 heterocycles. The van der Waals surface area contributed by atoms with Gasteiger partial charge in [-0.3, -0.25) is 4.79 Å². The second kappa shape index (κ2) is 7.65. The Morgan fingerprint density at radius 3 is 2.90 bits per heavy atom. The van der Waals surface area contributed by atoms with Gasteiger partial charge in [0.1, 0.15) is 11.5 Å². The van der Waals surface area contributed by atoms with Gasteiger partial charge in [0.25, 0.3) is 5.91 Å². The average Bonchev–Trinajstić information content (AvgIpc) is 2.98. The van der Waals surface area contributed by atoms with E-state index in [1.54, 1.807) is 17.4 Å². The van der Waals surface area contributed by atoms with Crippen molar-refractivity contribution in [2.75, 3.05) is 18.4 Å². The number of hydrogen-bond acceptors (Lipinski definition) is 4. The molecule has 0 aliphatic rings. The van der Waals surface area contributed by atoms with Crippen LogP contribution in [0.25, 0.3) is 0 Å². The molecule has 0 aliphatic carbocycles. The fourth-order valence-corrected chi connectivity index (χ4v) is 2.47. The fourth-order valence-electron chi connectivity index (χ4n) is 1.76. The maximum Gasteiger partial charge on any atom is 0.269 e. The zero-order chi connectivity index (χ0) is 14.2. The zero-order valence-corrected chi connectivity index (χ0v) is 12.4. The van der Waals surface area contributed by atoms with Crippen molar-refractivity contribution in [3.05, 3.63) is 46.3 Å². The summed E-state index contributed by atoms with van der Waals surface area (Å²) in [5.74, 6) is 0.625. The number of carbonyl (C=O) groups excluding carboxylic acids is 1. The molecular formula is C15H19N3OS. The Hall–Kier alpha value is -1.88. The molecule has 0 aliphatic heterocycles. The van der Waals surface area contributed by atoms with E-state index >= 15 is 0 Å². The van der Waals surface area contributed by atoms with Gasteiger partial charge in [-0.15, -0.1) is 11.3 Å². The molecule has 5 heteroatoms. The zero-order valence-electron chi connectivity index (χ0n) is 11.6. The molecule has 20 heavy (non-hydrogen) atoms. The Kier molecular flexibility index (Phi) is 5.55. The normalized spacial score (nSPS) is 10.2. The summed E-state index contributed by atoms with van der Waals surface area (Å²) < 4.78 is 0. The van der Waals surface area contributed by atoms with Crippen LogP contribution in [0.1, 0.15) is 28.7 Å². The van der Waals surface area contributed by atoms with Crippen LogP contribution in [-0.4, -0.2) is 24.0 Å². The number of nitrogens with zero attached hydrogens (tertiary/aromatic N) is 1. The van der Waals surface area contributed by atoms with Crippen molar-refractivity contribution in [3.63, 3.8) is 0 Å². The first-order chi connectivity index (χ1) is 9.79. The third-order valence-corrected chi connectivity index (χ3v) is 3.71. The molecule has 0 fully saturated rings. The van der Waals surface area contributed by atoms with Gasteiger partial charge in [-0.1, -0.05) is 19.1 Å². The lowest BCUT2D eigenvalue weighted by Crippen LogP contribution is -2.26. The lowest BCUT2D eigenvalue weighted by atomic mass is 10.3. The molecule has 0 atom stereocenters. The van der Waals surface area contributed by atoms with Crippen LogP contribution in [0, 0.1) is 0 Å². The minimum Gasteiger partial charge on any atom is -0.370 e. The summed E-state index contributed by atoms with van der Waals surface area (Å²) in [6.45, 7) is 3.58. The predicted molar refractivity (Wildman–Crippen MR) is 83.4 cm³/mol. The van der Waals surface area contributed by atoms with Crippen molar-refractivity contribution >= 4 is 23.1 Å². The van der Waals surface area contributed by atoms with E-state index in [0.29, 0.717) is 12.2 Å². The van der Waals surface area contributed by atoms with E-state index in [1.165, 1.54) is 4.88 Å². The van der Waals surface area contributed by atoms with Gasteiger partial charge in [0.15, 0.2) is 0 Å². The number of anilines is 1. The topological polar surface area (TPSA) is 54.0 Å². The van der Waals surface area contributed by atoms with Crippen molar-refractivity contribution in [2.45, 2.75) is 19.8 Å². The third kappa shape index (κ3) is 4.35. The first kappa shape index (κ1) is 14.5. The lowest BCUT2D eigenvalue weighted by molar-refractivity contribution is 0.0949. The molecule has 0 saturated carbocycles. The summed E-state index contributed by atoms with van der Waals surface area (Å²) in [5, 5.41) is 8.12. The predicted octanol–water partition coefficient (Wildman–Crippen LogP) is 2.94. The van der Waals surface area contributed by atoms with Gasteiger partial charge >= 0.3 is 0 Å². The van der Waals surface area contributed by atoms with Crippen molar-refractivity contribution in [1.29, 1.82) is 0 Å². The third-order valence-electron chi connectivity index (χ3n) is 2.77. The smallest absolute Gasteiger partial charge is 0.269 e. The highest BCUT2D eigenvalue weighted by molar-refractivity contribution is 7.09. The van der Waals surface area contributed by atoms with Gasteiger partial charge in [-0.25, -0.2) is 4.98 Å². The van der Waals surface area contributed by atoms with E-state index in [1.807, 2.05) is 23.6 Å². The number of pyridine rings is 1. The van der Waals surface area contributed by atoms with E-state index < -0.39 is 0 Å². The number of thiophene rings is 1. The lowest BCUT2D eigenvalue weighted by Gasteiger charge is -2.07. The highest BCUT2D eigenvalue weighted by Gasteiger charge is 2.07. The minimum absolute atomic E-state index is 0.123. The molecule has 0 spiro atoms.